The summed E-state index contributed by atoms with van der Waals surface area (Å²) < 4.78 is 0. The average molecular weight is 255 g/mol. The Labute approximate surface area is 108 Å². The van der Waals surface area contributed by atoms with Crippen molar-refractivity contribution in [2.45, 2.75) is 19.8 Å². The number of amides is 1. The minimum atomic E-state index is -0.00845. The number of nitrogens with one attached hydrogen (secondary N) is 1. The van der Waals surface area contributed by atoms with Gasteiger partial charge in [-0.1, -0.05) is 31.0 Å². The van der Waals surface area contributed by atoms with Gasteiger partial charge in [0, 0.05) is 10.7 Å². The topological polar surface area (TPSA) is 32.3 Å². The number of hydrogen-bond donors (Lipinski definition) is 1. The van der Waals surface area contributed by atoms with Crippen LogP contribution in [0.4, 0.5) is 5.69 Å². The number of hydrogen-bond acceptors (Lipinski definition) is 2. The van der Waals surface area contributed by atoms with E-state index in [0.717, 1.165) is 25.1 Å². The molecule has 0 saturated heterocycles. The van der Waals surface area contributed by atoms with Crippen LogP contribution in [-0.2, 0) is 4.79 Å². The Morgan fingerprint density at radius 1 is 1.47 bits per heavy atom. The van der Waals surface area contributed by atoms with E-state index in [1.165, 1.54) is 0 Å². The number of carbonyl (C=O) groups excluding carboxylic acids is 1. The van der Waals surface area contributed by atoms with Crippen LogP contribution in [0.1, 0.15) is 19.8 Å². The van der Waals surface area contributed by atoms with Crippen LogP contribution in [0.15, 0.2) is 24.3 Å². The standard InChI is InChI=1S/C13H19ClN2O/c1-3-4-8-16(2)10-13(17)15-12-7-5-6-11(14)9-12/h5-7,9H,3-4,8,10H2,1-2H3,(H,15,17). The molecule has 0 bridgehead atoms. The molecule has 0 fully saturated rings. The van der Waals surface area contributed by atoms with E-state index in [9.17, 15) is 4.79 Å². The van der Waals surface area contributed by atoms with Gasteiger partial charge in [0.25, 0.3) is 0 Å². The molecule has 0 radical (unpaired) electrons. The van der Waals surface area contributed by atoms with Crippen LogP contribution in [0.2, 0.25) is 5.02 Å². The Morgan fingerprint density at radius 3 is 2.88 bits per heavy atom. The molecule has 1 rings (SSSR count). The summed E-state index contributed by atoms with van der Waals surface area (Å²) in [6.07, 6.45) is 2.25. The van der Waals surface area contributed by atoms with E-state index in [1.54, 1.807) is 12.1 Å². The highest BCUT2D eigenvalue weighted by Gasteiger charge is 2.06. The molecule has 0 aliphatic rings. The monoisotopic (exact) mass is 254 g/mol. The van der Waals surface area contributed by atoms with Crippen molar-refractivity contribution >= 4 is 23.2 Å². The normalized spacial score (nSPS) is 10.6. The summed E-state index contributed by atoms with van der Waals surface area (Å²) in [6, 6.07) is 7.17. The van der Waals surface area contributed by atoms with E-state index in [4.69, 9.17) is 11.6 Å². The molecule has 0 aromatic heterocycles. The Kier molecular flexibility index (Phi) is 6.01. The average Bonchev–Trinajstić information content (AvgIpc) is 2.26. The minimum absolute atomic E-state index is 0.00845. The van der Waals surface area contributed by atoms with Crippen molar-refractivity contribution in [3.63, 3.8) is 0 Å². The van der Waals surface area contributed by atoms with E-state index in [2.05, 4.69) is 12.2 Å². The van der Waals surface area contributed by atoms with Gasteiger partial charge in [-0.05, 0) is 38.2 Å². The third kappa shape index (κ3) is 5.71. The van der Waals surface area contributed by atoms with Gasteiger partial charge in [0.2, 0.25) is 5.91 Å². The molecule has 0 atom stereocenters. The number of nitrogens with zero attached hydrogens (tertiary/aromatic N) is 1. The molecule has 1 aromatic rings. The highest BCUT2D eigenvalue weighted by molar-refractivity contribution is 6.30. The van der Waals surface area contributed by atoms with Crippen molar-refractivity contribution in [2.75, 3.05) is 25.5 Å². The number of anilines is 1. The molecular weight excluding hydrogens is 236 g/mol. The summed E-state index contributed by atoms with van der Waals surface area (Å²) in [5.41, 5.74) is 0.742. The van der Waals surface area contributed by atoms with Crippen LogP contribution in [0.3, 0.4) is 0 Å². The summed E-state index contributed by atoms with van der Waals surface area (Å²) >= 11 is 5.84. The van der Waals surface area contributed by atoms with E-state index >= 15 is 0 Å². The van der Waals surface area contributed by atoms with Gasteiger partial charge < -0.3 is 5.32 Å². The fourth-order valence-electron chi connectivity index (χ4n) is 1.52. The summed E-state index contributed by atoms with van der Waals surface area (Å²) in [5, 5.41) is 3.45. The first-order valence-corrected chi connectivity index (χ1v) is 6.23. The highest BCUT2D eigenvalue weighted by Crippen LogP contribution is 2.14. The second-order valence-electron chi connectivity index (χ2n) is 4.15. The van der Waals surface area contributed by atoms with Crippen molar-refractivity contribution in [3.05, 3.63) is 29.3 Å². The van der Waals surface area contributed by atoms with Crippen LogP contribution >= 0.6 is 11.6 Å². The Balaban J connectivity index is 2.39. The SMILES string of the molecule is CCCCN(C)CC(=O)Nc1cccc(Cl)c1. The molecule has 17 heavy (non-hydrogen) atoms. The number of unbranched alkanes of at least 4 members (excludes halogenated alkanes) is 1. The quantitative estimate of drug-likeness (QED) is 0.846. The number of likely N-dealkylation sites (N-methyl/N-ethyl adjacent to an activating group) is 1. The number of halogens is 1. The largest absolute Gasteiger partial charge is 0.325 e. The Bertz CT molecular complexity index is 368. The van der Waals surface area contributed by atoms with Crippen molar-refractivity contribution in [3.8, 4) is 0 Å². The lowest BCUT2D eigenvalue weighted by Gasteiger charge is -2.15. The van der Waals surface area contributed by atoms with Crippen molar-refractivity contribution in [1.82, 2.24) is 4.90 Å². The molecular formula is C13H19ClN2O. The summed E-state index contributed by atoms with van der Waals surface area (Å²) in [6.45, 7) is 3.49. The van der Waals surface area contributed by atoms with Gasteiger partial charge in [-0.25, -0.2) is 0 Å². The molecule has 1 amide bonds. The fourth-order valence-corrected chi connectivity index (χ4v) is 1.71. The summed E-state index contributed by atoms with van der Waals surface area (Å²) in [4.78, 5) is 13.7. The second-order valence-corrected chi connectivity index (χ2v) is 4.59. The molecule has 0 spiro atoms. The zero-order chi connectivity index (χ0) is 12.7. The predicted octanol–water partition coefficient (Wildman–Crippen LogP) is 3.01. The van der Waals surface area contributed by atoms with Crippen LogP contribution in [0.5, 0.6) is 0 Å². The molecule has 94 valence electrons. The molecule has 0 aliphatic heterocycles. The zero-order valence-electron chi connectivity index (χ0n) is 10.4. The Hall–Kier alpha value is -1.06. The van der Waals surface area contributed by atoms with Crippen LogP contribution in [0, 0.1) is 0 Å². The lowest BCUT2D eigenvalue weighted by Crippen LogP contribution is -2.30. The first kappa shape index (κ1) is 14.0. The third-order valence-corrected chi connectivity index (χ3v) is 2.65. The van der Waals surface area contributed by atoms with Gasteiger partial charge in [-0.2, -0.15) is 0 Å². The maximum absolute atomic E-state index is 11.7. The van der Waals surface area contributed by atoms with E-state index in [1.807, 2.05) is 24.1 Å². The minimum Gasteiger partial charge on any atom is -0.325 e. The van der Waals surface area contributed by atoms with Gasteiger partial charge >= 0.3 is 0 Å². The molecule has 1 aromatic carbocycles. The third-order valence-electron chi connectivity index (χ3n) is 2.42. The van der Waals surface area contributed by atoms with Gasteiger partial charge in [0.15, 0.2) is 0 Å². The molecule has 3 nitrogen and oxygen atoms in total. The summed E-state index contributed by atoms with van der Waals surface area (Å²) in [5.74, 6) is -0.00845. The smallest absolute Gasteiger partial charge is 0.238 e. The number of benzene rings is 1. The first-order chi connectivity index (χ1) is 8.11. The van der Waals surface area contributed by atoms with Gasteiger partial charge in [0.05, 0.1) is 6.54 Å². The van der Waals surface area contributed by atoms with Crippen molar-refractivity contribution in [2.24, 2.45) is 0 Å². The second kappa shape index (κ2) is 7.30. The first-order valence-electron chi connectivity index (χ1n) is 5.85. The maximum atomic E-state index is 11.7. The van der Waals surface area contributed by atoms with E-state index in [-0.39, 0.29) is 5.91 Å². The molecule has 4 heteroatoms. The van der Waals surface area contributed by atoms with E-state index < -0.39 is 0 Å². The zero-order valence-corrected chi connectivity index (χ0v) is 11.1. The molecule has 0 unspecified atom stereocenters. The number of carbonyl (C=O) groups is 1. The fraction of sp³-hybridized carbons (Fsp3) is 0.462. The predicted molar refractivity (Wildman–Crippen MR) is 72.5 cm³/mol. The molecule has 1 N–H and O–H groups in total. The summed E-state index contributed by atoms with van der Waals surface area (Å²) in [7, 11) is 1.95. The lowest BCUT2D eigenvalue weighted by molar-refractivity contribution is -0.117. The van der Waals surface area contributed by atoms with E-state index in [0.29, 0.717) is 11.6 Å². The Morgan fingerprint density at radius 2 is 2.24 bits per heavy atom. The van der Waals surface area contributed by atoms with Gasteiger partial charge in [-0.15, -0.1) is 0 Å². The van der Waals surface area contributed by atoms with Crippen LogP contribution in [-0.4, -0.2) is 30.9 Å². The lowest BCUT2D eigenvalue weighted by atomic mass is 10.3. The van der Waals surface area contributed by atoms with Crippen LogP contribution in [0.25, 0.3) is 0 Å². The molecule has 0 aliphatic carbocycles. The van der Waals surface area contributed by atoms with Gasteiger partial charge in [-0.3, -0.25) is 9.69 Å². The highest BCUT2D eigenvalue weighted by atomic mass is 35.5. The van der Waals surface area contributed by atoms with Gasteiger partial charge in [0.1, 0.15) is 0 Å². The van der Waals surface area contributed by atoms with Crippen molar-refractivity contribution in [1.29, 1.82) is 0 Å². The number of rotatable bonds is 6. The molecule has 0 saturated carbocycles. The maximum Gasteiger partial charge on any atom is 0.238 e. The van der Waals surface area contributed by atoms with Crippen molar-refractivity contribution < 1.29 is 4.79 Å². The van der Waals surface area contributed by atoms with Crippen LogP contribution < -0.4 is 5.32 Å². The molecule has 0 heterocycles.